The summed E-state index contributed by atoms with van der Waals surface area (Å²) in [6, 6.07) is 12.6. The second kappa shape index (κ2) is 11.9. The quantitative estimate of drug-likeness (QED) is 0.501. The van der Waals surface area contributed by atoms with Crippen LogP contribution in [-0.4, -0.2) is 49.0 Å². The zero-order valence-corrected chi connectivity index (χ0v) is 21.8. The van der Waals surface area contributed by atoms with Gasteiger partial charge >= 0.3 is 5.97 Å². The molecule has 0 heterocycles. The maximum atomic E-state index is 13.1. The lowest BCUT2D eigenvalue weighted by Gasteiger charge is -2.35. The number of nitrogens with one attached hydrogen (secondary N) is 1. The molecule has 0 bridgehead atoms. The van der Waals surface area contributed by atoms with Crippen LogP contribution in [0.25, 0.3) is 0 Å². The van der Waals surface area contributed by atoms with Crippen molar-refractivity contribution in [1.29, 1.82) is 0 Å². The molecular weight excluding hydrogens is 460 g/mol. The highest BCUT2D eigenvalue weighted by atomic mass is 16.5. The summed E-state index contributed by atoms with van der Waals surface area (Å²) in [6.07, 6.45) is 3.65. The van der Waals surface area contributed by atoms with Gasteiger partial charge in [-0.25, -0.2) is 4.79 Å². The zero-order chi connectivity index (χ0) is 26.3. The Morgan fingerprint density at radius 1 is 0.972 bits per heavy atom. The highest BCUT2D eigenvalue weighted by Crippen LogP contribution is 2.35. The lowest BCUT2D eigenvalue weighted by atomic mass is 10.0. The van der Waals surface area contributed by atoms with Crippen LogP contribution >= 0.6 is 0 Å². The highest BCUT2D eigenvalue weighted by molar-refractivity contribution is 6.03. The summed E-state index contributed by atoms with van der Waals surface area (Å²) >= 11 is 0. The molecule has 1 N–H and O–H groups in total. The molecule has 0 atom stereocenters. The Balaban J connectivity index is 1.78. The number of esters is 1. The molecule has 2 amide bonds. The van der Waals surface area contributed by atoms with E-state index < -0.39 is 18.1 Å². The van der Waals surface area contributed by atoms with Crippen molar-refractivity contribution in [2.45, 2.75) is 58.5 Å². The summed E-state index contributed by atoms with van der Waals surface area (Å²) in [4.78, 5) is 40.7. The number of carbonyl (C=O) groups is 3. The number of rotatable bonds is 9. The molecule has 1 aliphatic rings. The minimum atomic E-state index is -0.736. The van der Waals surface area contributed by atoms with Gasteiger partial charge in [-0.3, -0.25) is 9.59 Å². The van der Waals surface area contributed by atoms with Crippen LogP contribution in [0.15, 0.2) is 42.5 Å². The third kappa shape index (κ3) is 6.77. The SMILES string of the molecule is COc1cc(NC(=O)C2CCCC2)c(C(=O)OCC(=O)N(Cc2ccccc2)C(C)(C)C)cc1OC. The molecule has 36 heavy (non-hydrogen) atoms. The highest BCUT2D eigenvalue weighted by Gasteiger charge is 2.29. The molecule has 0 unspecified atom stereocenters. The predicted octanol–water partition coefficient (Wildman–Crippen LogP) is 4.82. The minimum Gasteiger partial charge on any atom is -0.493 e. The van der Waals surface area contributed by atoms with Gasteiger partial charge in [-0.15, -0.1) is 0 Å². The van der Waals surface area contributed by atoms with E-state index in [4.69, 9.17) is 14.2 Å². The predicted molar refractivity (Wildman–Crippen MR) is 137 cm³/mol. The van der Waals surface area contributed by atoms with Gasteiger partial charge in [0.25, 0.3) is 5.91 Å². The van der Waals surface area contributed by atoms with Crippen molar-refractivity contribution < 1.29 is 28.6 Å². The van der Waals surface area contributed by atoms with E-state index in [1.165, 1.54) is 20.3 Å². The van der Waals surface area contributed by atoms with E-state index in [9.17, 15) is 14.4 Å². The van der Waals surface area contributed by atoms with Gasteiger partial charge in [0.15, 0.2) is 18.1 Å². The first-order valence-electron chi connectivity index (χ1n) is 12.2. The van der Waals surface area contributed by atoms with Crippen molar-refractivity contribution in [1.82, 2.24) is 4.90 Å². The standard InChI is InChI=1S/C28H36N2O6/c1-28(2,3)30(17-19-11-7-6-8-12-19)25(31)18-36-27(33)21-15-23(34-4)24(35-5)16-22(21)29-26(32)20-13-9-10-14-20/h6-8,11-12,15-16,20H,9-10,13-14,17-18H2,1-5H3,(H,29,32). The molecule has 1 aliphatic carbocycles. The summed E-state index contributed by atoms with van der Waals surface area (Å²) < 4.78 is 16.1. The van der Waals surface area contributed by atoms with Crippen molar-refractivity contribution in [3.8, 4) is 11.5 Å². The fraction of sp³-hybridized carbons (Fsp3) is 0.464. The molecule has 0 aliphatic heterocycles. The third-order valence-corrected chi connectivity index (χ3v) is 6.35. The smallest absolute Gasteiger partial charge is 0.340 e. The lowest BCUT2D eigenvalue weighted by Crippen LogP contribution is -2.46. The minimum absolute atomic E-state index is 0.0946. The van der Waals surface area contributed by atoms with Gasteiger partial charge in [0, 0.05) is 30.1 Å². The summed E-state index contributed by atoms with van der Waals surface area (Å²) in [5.41, 5.74) is 0.850. The number of hydrogen-bond acceptors (Lipinski definition) is 6. The van der Waals surface area contributed by atoms with E-state index in [0.29, 0.717) is 18.0 Å². The van der Waals surface area contributed by atoms with E-state index in [-0.39, 0.29) is 29.0 Å². The number of ether oxygens (including phenoxy) is 3. The van der Waals surface area contributed by atoms with Gasteiger partial charge in [0.05, 0.1) is 25.5 Å². The molecule has 2 aromatic rings. The Morgan fingerprint density at radius 3 is 2.17 bits per heavy atom. The largest absolute Gasteiger partial charge is 0.493 e. The molecule has 2 aromatic carbocycles. The number of carbonyl (C=O) groups excluding carboxylic acids is 3. The topological polar surface area (TPSA) is 94.2 Å². The molecule has 8 heteroatoms. The molecule has 3 rings (SSSR count). The molecule has 0 aromatic heterocycles. The van der Waals surface area contributed by atoms with Crippen molar-refractivity contribution in [3.05, 3.63) is 53.6 Å². The Hall–Kier alpha value is -3.55. The fourth-order valence-corrected chi connectivity index (χ4v) is 4.32. The van der Waals surface area contributed by atoms with Gasteiger partial charge in [0.2, 0.25) is 5.91 Å². The molecule has 0 spiro atoms. The number of amides is 2. The van der Waals surface area contributed by atoms with Gasteiger partial charge in [-0.1, -0.05) is 43.2 Å². The van der Waals surface area contributed by atoms with Crippen LogP contribution in [0.1, 0.15) is 62.4 Å². The van der Waals surface area contributed by atoms with Gasteiger partial charge < -0.3 is 24.4 Å². The average molecular weight is 497 g/mol. The van der Waals surface area contributed by atoms with Crippen molar-refractivity contribution in [2.24, 2.45) is 5.92 Å². The number of methoxy groups -OCH3 is 2. The van der Waals surface area contributed by atoms with Crippen molar-refractivity contribution >= 4 is 23.5 Å². The average Bonchev–Trinajstić information content (AvgIpc) is 3.40. The summed E-state index contributed by atoms with van der Waals surface area (Å²) in [7, 11) is 2.93. The molecule has 1 saturated carbocycles. The van der Waals surface area contributed by atoms with Crippen LogP contribution in [0.3, 0.4) is 0 Å². The van der Waals surface area contributed by atoms with Gasteiger partial charge in [-0.05, 0) is 39.2 Å². The summed E-state index contributed by atoms with van der Waals surface area (Å²) in [5, 5.41) is 2.86. The molecule has 1 fully saturated rings. The van der Waals surface area contributed by atoms with Crippen LogP contribution in [0.5, 0.6) is 11.5 Å². The maximum Gasteiger partial charge on any atom is 0.340 e. The molecule has 0 radical (unpaired) electrons. The van der Waals surface area contributed by atoms with Crippen LogP contribution < -0.4 is 14.8 Å². The Morgan fingerprint density at radius 2 is 1.58 bits per heavy atom. The zero-order valence-electron chi connectivity index (χ0n) is 21.8. The van der Waals surface area contributed by atoms with Crippen molar-refractivity contribution in [2.75, 3.05) is 26.1 Å². The number of hydrogen-bond donors (Lipinski definition) is 1. The summed E-state index contributed by atoms with van der Waals surface area (Å²) in [6.45, 7) is 5.75. The first-order chi connectivity index (χ1) is 17.1. The number of anilines is 1. The first kappa shape index (κ1) is 27.0. The molecule has 0 saturated heterocycles. The van der Waals surface area contributed by atoms with Crippen LogP contribution in [0, 0.1) is 5.92 Å². The second-order valence-corrected chi connectivity index (χ2v) is 9.94. The molecular formula is C28H36N2O6. The number of benzene rings is 2. The Bertz CT molecular complexity index is 1070. The van der Waals surface area contributed by atoms with Crippen LogP contribution in [0.4, 0.5) is 5.69 Å². The lowest BCUT2D eigenvalue weighted by molar-refractivity contribution is -0.140. The van der Waals surface area contributed by atoms with E-state index in [1.807, 2.05) is 51.1 Å². The van der Waals surface area contributed by atoms with E-state index in [0.717, 1.165) is 31.2 Å². The monoisotopic (exact) mass is 496 g/mol. The van der Waals surface area contributed by atoms with E-state index >= 15 is 0 Å². The summed E-state index contributed by atoms with van der Waals surface area (Å²) in [5.74, 6) is -0.617. The number of nitrogens with zero attached hydrogens (tertiary/aromatic N) is 1. The molecule has 8 nitrogen and oxygen atoms in total. The Labute approximate surface area is 212 Å². The Kier molecular flexibility index (Phi) is 8.96. The fourth-order valence-electron chi connectivity index (χ4n) is 4.32. The van der Waals surface area contributed by atoms with E-state index in [1.54, 1.807) is 11.0 Å². The normalized spacial score (nSPS) is 13.7. The van der Waals surface area contributed by atoms with Gasteiger partial charge in [-0.2, -0.15) is 0 Å². The van der Waals surface area contributed by atoms with E-state index in [2.05, 4.69) is 5.32 Å². The second-order valence-electron chi connectivity index (χ2n) is 9.94. The van der Waals surface area contributed by atoms with Crippen LogP contribution in [0.2, 0.25) is 0 Å². The maximum absolute atomic E-state index is 13.1. The van der Waals surface area contributed by atoms with Gasteiger partial charge in [0.1, 0.15) is 0 Å². The third-order valence-electron chi connectivity index (χ3n) is 6.35. The van der Waals surface area contributed by atoms with Crippen LogP contribution in [-0.2, 0) is 20.9 Å². The van der Waals surface area contributed by atoms with Crippen molar-refractivity contribution in [3.63, 3.8) is 0 Å². The first-order valence-corrected chi connectivity index (χ1v) is 12.2. The molecule has 194 valence electrons.